The van der Waals surface area contributed by atoms with Crippen LogP contribution in [-0.4, -0.2) is 7.05 Å². The van der Waals surface area contributed by atoms with Gasteiger partial charge in [0, 0.05) is 29.4 Å². The maximum atomic E-state index is 3.43. The molecule has 0 bridgehead atoms. The molecule has 1 nitrogen and oxygen atoms in total. The number of nitrogens with zero attached hydrogens (tertiary/aromatic N) is 1. The molecule has 5 rings (SSSR count). The van der Waals surface area contributed by atoms with Gasteiger partial charge in [0.2, 0.25) is 0 Å². The Kier molecular flexibility index (Phi) is 5.10. The molecule has 0 radical (unpaired) electrons. The zero-order chi connectivity index (χ0) is 21.0. The van der Waals surface area contributed by atoms with Crippen molar-refractivity contribution in [2.45, 2.75) is 0 Å². The molecule has 0 saturated carbocycles. The third kappa shape index (κ3) is 3.88. The van der Waals surface area contributed by atoms with Gasteiger partial charge in [0.25, 0.3) is 0 Å². The average Bonchev–Trinajstić information content (AvgIpc) is 3.10. The van der Waals surface area contributed by atoms with Gasteiger partial charge in [-0.05, 0) is 52.4 Å². The van der Waals surface area contributed by atoms with E-state index in [1.165, 1.54) is 27.6 Å². The van der Waals surface area contributed by atoms with Crippen LogP contribution in [0.1, 0.15) is 5.56 Å². The SMILES string of the molecule is CN(C1=CC=C=C(c2ccc(-c3ccccc3)cc2)C=C1)c1cccc2ccccc12. The van der Waals surface area contributed by atoms with Crippen molar-refractivity contribution in [2.75, 3.05) is 11.9 Å². The number of hydrogen-bond donors (Lipinski definition) is 0. The average molecular weight is 398 g/mol. The van der Waals surface area contributed by atoms with Crippen molar-refractivity contribution in [3.63, 3.8) is 0 Å². The molecule has 0 spiro atoms. The van der Waals surface area contributed by atoms with Gasteiger partial charge in [-0.25, -0.2) is 0 Å². The third-order valence-corrected chi connectivity index (χ3v) is 5.73. The highest BCUT2D eigenvalue weighted by molar-refractivity contribution is 5.95. The Morgan fingerprint density at radius 3 is 2.13 bits per heavy atom. The molecular weight excluding hydrogens is 374 g/mol. The molecule has 4 aromatic carbocycles. The summed E-state index contributed by atoms with van der Waals surface area (Å²) in [6.45, 7) is 0. The molecule has 0 aliphatic heterocycles. The second-order valence-electron chi connectivity index (χ2n) is 7.65. The van der Waals surface area contributed by atoms with Gasteiger partial charge in [0.05, 0.1) is 0 Å². The minimum Gasteiger partial charge on any atom is -0.344 e. The van der Waals surface area contributed by atoms with Gasteiger partial charge in [-0.3, -0.25) is 0 Å². The molecular formula is C30H23N. The number of anilines is 1. The maximum absolute atomic E-state index is 3.43. The summed E-state index contributed by atoms with van der Waals surface area (Å²) in [7, 11) is 2.12. The molecule has 148 valence electrons. The first kappa shape index (κ1) is 18.9. The zero-order valence-corrected chi connectivity index (χ0v) is 17.5. The molecule has 1 aliphatic carbocycles. The lowest BCUT2D eigenvalue weighted by atomic mass is 10.0. The van der Waals surface area contributed by atoms with E-state index in [9.17, 15) is 0 Å². The first-order chi connectivity index (χ1) is 15.3. The molecule has 0 N–H and O–H groups in total. The Labute approximate surface area is 183 Å². The molecule has 4 aromatic rings. The van der Waals surface area contributed by atoms with E-state index in [1.807, 2.05) is 12.1 Å². The van der Waals surface area contributed by atoms with Gasteiger partial charge < -0.3 is 4.90 Å². The highest BCUT2D eigenvalue weighted by Crippen LogP contribution is 2.30. The topological polar surface area (TPSA) is 3.24 Å². The standard InChI is InChI=1S/C30H23N/c1-31(30-16-8-13-27-11-5-6-15-29(27)30)28-14-7-12-24(21-22-28)26-19-17-25(18-20-26)23-9-3-2-4-10-23/h2-11,13-22H,1H3. The van der Waals surface area contributed by atoms with Gasteiger partial charge in [-0.2, -0.15) is 0 Å². The minimum absolute atomic E-state index is 1.08. The summed E-state index contributed by atoms with van der Waals surface area (Å²) in [4.78, 5) is 2.23. The number of benzene rings is 4. The van der Waals surface area contributed by atoms with E-state index in [1.54, 1.807) is 0 Å². The molecule has 0 fully saturated rings. The van der Waals surface area contributed by atoms with Crippen LogP contribution in [0.2, 0.25) is 0 Å². The molecule has 0 heterocycles. The van der Waals surface area contributed by atoms with Crippen molar-refractivity contribution in [3.05, 3.63) is 138 Å². The number of likely N-dealkylation sites (N-methyl/N-ethyl adjacent to an activating group) is 1. The molecule has 1 aliphatic rings. The number of allylic oxidation sites excluding steroid dienone is 4. The fourth-order valence-electron chi connectivity index (χ4n) is 4.01. The number of hydrogen-bond acceptors (Lipinski definition) is 1. The van der Waals surface area contributed by atoms with Gasteiger partial charge in [-0.15, -0.1) is 5.73 Å². The Balaban J connectivity index is 1.40. The van der Waals surface area contributed by atoms with Crippen LogP contribution in [0.15, 0.2) is 133 Å². The Bertz CT molecular complexity index is 1340. The van der Waals surface area contributed by atoms with Crippen LogP contribution in [0.5, 0.6) is 0 Å². The highest BCUT2D eigenvalue weighted by Gasteiger charge is 2.09. The lowest BCUT2D eigenvalue weighted by molar-refractivity contribution is 1.15. The molecule has 0 amide bonds. The summed E-state index contributed by atoms with van der Waals surface area (Å²) in [5.41, 5.74) is 10.4. The van der Waals surface area contributed by atoms with Crippen molar-refractivity contribution in [1.29, 1.82) is 0 Å². The fraction of sp³-hybridized carbons (Fsp3) is 0.0333. The van der Waals surface area contributed by atoms with Crippen molar-refractivity contribution in [1.82, 2.24) is 0 Å². The van der Waals surface area contributed by atoms with Crippen molar-refractivity contribution in [3.8, 4) is 11.1 Å². The number of fused-ring (bicyclic) bond motifs is 1. The summed E-state index contributed by atoms with van der Waals surface area (Å²) < 4.78 is 0. The smallest absolute Gasteiger partial charge is 0.0487 e. The predicted molar refractivity (Wildman–Crippen MR) is 133 cm³/mol. The molecule has 31 heavy (non-hydrogen) atoms. The molecule has 0 saturated heterocycles. The van der Waals surface area contributed by atoms with E-state index < -0.39 is 0 Å². The zero-order valence-electron chi connectivity index (χ0n) is 17.5. The lowest BCUT2D eigenvalue weighted by Crippen LogP contribution is -2.15. The van der Waals surface area contributed by atoms with Crippen LogP contribution in [0.4, 0.5) is 5.69 Å². The van der Waals surface area contributed by atoms with Crippen LogP contribution >= 0.6 is 0 Å². The van der Waals surface area contributed by atoms with E-state index in [4.69, 9.17) is 0 Å². The van der Waals surface area contributed by atoms with E-state index in [-0.39, 0.29) is 0 Å². The second kappa shape index (κ2) is 8.36. The Hall–Kier alpha value is -4.06. The molecule has 0 aromatic heterocycles. The van der Waals surface area contributed by atoms with Gasteiger partial charge in [0.15, 0.2) is 0 Å². The fourth-order valence-corrected chi connectivity index (χ4v) is 4.01. The lowest BCUT2D eigenvalue weighted by Gasteiger charge is -2.22. The monoisotopic (exact) mass is 397 g/mol. The first-order valence-electron chi connectivity index (χ1n) is 10.5. The highest BCUT2D eigenvalue weighted by atomic mass is 15.1. The maximum Gasteiger partial charge on any atom is 0.0487 e. The van der Waals surface area contributed by atoms with Crippen molar-refractivity contribution in [2.24, 2.45) is 0 Å². The third-order valence-electron chi connectivity index (χ3n) is 5.73. The van der Waals surface area contributed by atoms with Gasteiger partial charge in [0.1, 0.15) is 0 Å². The van der Waals surface area contributed by atoms with Crippen molar-refractivity contribution < 1.29 is 0 Å². The summed E-state index contributed by atoms with van der Waals surface area (Å²) >= 11 is 0. The van der Waals surface area contributed by atoms with E-state index >= 15 is 0 Å². The molecule has 0 unspecified atom stereocenters. The number of rotatable bonds is 4. The Morgan fingerprint density at radius 1 is 0.613 bits per heavy atom. The predicted octanol–water partition coefficient (Wildman–Crippen LogP) is 7.64. The second-order valence-corrected chi connectivity index (χ2v) is 7.65. The van der Waals surface area contributed by atoms with Crippen LogP contribution in [-0.2, 0) is 0 Å². The largest absolute Gasteiger partial charge is 0.344 e. The summed E-state index contributed by atoms with van der Waals surface area (Å²) in [5, 5.41) is 2.50. The van der Waals surface area contributed by atoms with Crippen LogP contribution in [0.25, 0.3) is 27.5 Å². The first-order valence-corrected chi connectivity index (χ1v) is 10.5. The van der Waals surface area contributed by atoms with Crippen LogP contribution < -0.4 is 4.90 Å². The van der Waals surface area contributed by atoms with E-state index in [0.717, 1.165) is 16.8 Å². The summed E-state index contributed by atoms with van der Waals surface area (Å²) in [5.74, 6) is 0. The Morgan fingerprint density at radius 2 is 1.29 bits per heavy atom. The summed E-state index contributed by atoms with van der Waals surface area (Å²) in [6, 6.07) is 34.1. The quantitative estimate of drug-likeness (QED) is 0.320. The van der Waals surface area contributed by atoms with Gasteiger partial charge >= 0.3 is 0 Å². The van der Waals surface area contributed by atoms with Crippen molar-refractivity contribution >= 4 is 22.0 Å². The van der Waals surface area contributed by atoms with Gasteiger partial charge in [-0.1, -0.05) is 91.0 Å². The van der Waals surface area contributed by atoms with E-state index in [2.05, 4.69) is 127 Å². The van der Waals surface area contributed by atoms with Crippen LogP contribution in [0, 0.1) is 0 Å². The molecule has 1 heteroatoms. The van der Waals surface area contributed by atoms with Crippen LogP contribution in [0.3, 0.4) is 0 Å². The minimum atomic E-state index is 1.08. The van der Waals surface area contributed by atoms with E-state index in [0.29, 0.717) is 0 Å². The normalized spacial score (nSPS) is 12.9. The summed E-state index contributed by atoms with van der Waals surface area (Å²) in [6.07, 6.45) is 8.44. The molecule has 0 atom stereocenters.